The molecule has 0 radical (unpaired) electrons. The van der Waals surface area contributed by atoms with E-state index in [9.17, 15) is 14.7 Å². The first-order chi connectivity index (χ1) is 8.99. The van der Waals surface area contributed by atoms with Crippen molar-refractivity contribution in [2.24, 2.45) is 0 Å². The van der Waals surface area contributed by atoms with Crippen LogP contribution in [0.1, 0.15) is 13.8 Å². The number of hydrogen-bond acceptors (Lipinski definition) is 5. The third kappa shape index (κ3) is 3.05. The van der Waals surface area contributed by atoms with Crippen LogP contribution in [0, 0.1) is 0 Å². The molecule has 0 saturated heterocycles. The maximum atomic E-state index is 12.0. The minimum Gasteiger partial charge on any atom is -0.511 e. The Morgan fingerprint density at radius 1 is 1.26 bits per heavy atom. The first-order valence-corrected chi connectivity index (χ1v) is 7.24. The first-order valence-electron chi connectivity index (χ1n) is 5.60. The van der Waals surface area contributed by atoms with E-state index in [0.29, 0.717) is 9.60 Å². The van der Waals surface area contributed by atoms with E-state index in [0.717, 1.165) is 16.5 Å². The minimum atomic E-state index is -0.210. The monoisotopic (exact) mass is 292 g/mol. The molecule has 19 heavy (non-hydrogen) atoms. The van der Waals surface area contributed by atoms with E-state index in [4.69, 9.17) is 0 Å². The number of carbonyl (C=O) groups is 1. The topological polar surface area (TPSA) is 54.4 Å². The predicted octanol–water partition coefficient (Wildman–Crippen LogP) is 3.73. The van der Waals surface area contributed by atoms with Crippen molar-refractivity contribution in [2.75, 3.05) is 0 Å². The highest BCUT2D eigenvalue weighted by atomic mass is 32.2. The van der Waals surface area contributed by atoms with Gasteiger partial charge < -0.3 is 5.11 Å². The Morgan fingerprint density at radius 3 is 2.58 bits per heavy atom. The van der Waals surface area contributed by atoms with Gasteiger partial charge in [-0.3, -0.25) is 9.59 Å². The van der Waals surface area contributed by atoms with E-state index in [1.54, 1.807) is 6.07 Å². The number of benzene rings is 1. The molecule has 0 amide bonds. The quantitative estimate of drug-likeness (QED) is 0.532. The van der Waals surface area contributed by atoms with Gasteiger partial charge >= 0.3 is 0 Å². The second-order valence-corrected chi connectivity index (χ2v) is 6.39. The summed E-state index contributed by atoms with van der Waals surface area (Å²) >= 11 is 2.56. The lowest BCUT2D eigenvalue weighted by atomic mass is 10.2. The molecule has 0 bridgehead atoms. The zero-order chi connectivity index (χ0) is 14.0. The van der Waals surface area contributed by atoms with Gasteiger partial charge in [-0.2, -0.15) is 0 Å². The maximum Gasteiger partial charge on any atom is 0.189 e. The van der Waals surface area contributed by atoms with E-state index in [1.807, 2.05) is 18.2 Å². The first kappa shape index (κ1) is 13.8. The Morgan fingerprint density at radius 2 is 1.95 bits per heavy atom. The number of carbonyl (C=O) groups excluding carboxylic acids is 1. The summed E-state index contributed by atoms with van der Waals surface area (Å²) in [7, 11) is 0. The van der Waals surface area contributed by atoms with Crippen molar-refractivity contribution in [2.45, 2.75) is 18.1 Å². The largest absolute Gasteiger partial charge is 0.511 e. The van der Waals surface area contributed by atoms with Gasteiger partial charge in [0.25, 0.3) is 0 Å². The van der Waals surface area contributed by atoms with E-state index in [2.05, 4.69) is 0 Å². The average Bonchev–Trinajstić information content (AvgIpc) is 2.35. The van der Waals surface area contributed by atoms with Crippen molar-refractivity contribution in [3.63, 3.8) is 0 Å². The highest BCUT2D eigenvalue weighted by Gasteiger charge is 2.12. The third-order valence-electron chi connectivity index (χ3n) is 2.46. The van der Waals surface area contributed by atoms with Gasteiger partial charge in [0, 0.05) is 16.2 Å². The molecule has 0 atom stereocenters. The molecule has 98 valence electrons. The fourth-order valence-electron chi connectivity index (χ4n) is 1.63. The molecule has 0 fully saturated rings. The normalized spacial score (nSPS) is 12.3. The van der Waals surface area contributed by atoms with Crippen molar-refractivity contribution < 1.29 is 9.90 Å². The van der Waals surface area contributed by atoms with Crippen LogP contribution in [0.15, 0.2) is 50.0 Å². The number of rotatable bonds is 3. The molecule has 1 N–H and O–H groups in total. The molecule has 0 spiro atoms. The fraction of sp³-hybridized carbons (Fsp3) is 0.143. The molecule has 2 rings (SSSR count). The summed E-state index contributed by atoms with van der Waals surface area (Å²) in [6.45, 7) is 2.86. The van der Waals surface area contributed by atoms with Gasteiger partial charge in [0.05, 0.1) is 9.11 Å². The van der Waals surface area contributed by atoms with Crippen molar-refractivity contribution >= 4 is 39.0 Å². The third-order valence-corrected chi connectivity index (χ3v) is 4.96. The Hall–Kier alpha value is -1.59. The number of fused-ring (bicyclic) bond motifs is 1. The SMILES string of the molecule is CC(=O)/C(Sc1cc(=O)c2ccccc2s1)=C(\C)O. The van der Waals surface area contributed by atoms with Crippen LogP contribution in [-0.4, -0.2) is 10.9 Å². The molecule has 2 aromatic rings. The number of ketones is 1. The average molecular weight is 292 g/mol. The summed E-state index contributed by atoms with van der Waals surface area (Å²) in [5.41, 5.74) is -0.0738. The molecular weight excluding hydrogens is 280 g/mol. The van der Waals surface area contributed by atoms with E-state index in [1.165, 1.54) is 31.3 Å². The minimum absolute atomic E-state index is 0.0229. The molecule has 1 heterocycles. The van der Waals surface area contributed by atoms with Crippen LogP contribution < -0.4 is 5.43 Å². The molecule has 1 aromatic heterocycles. The van der Waals surface area contributed by atoms with Crippen LogP contribution in [-0.2, 0) is 4.79 Å². The van der Waals surface area contributed by atoms with Gasteiger partial charge in [0.2, 0.25) is 0 Å². The lowest BCUT2D eigenvalue weighted by Gasteiger charge is -2.05. The number of aliphatic hydroxyl groups is 1. The molecule has 0 aliphatic rings. The summed E-state index contributed by atoms with van der Waals surface area (Å²) < 4.78 is 1.57. The van der Waals surface area contributed by atoms with Crippen LogP contribution in [0.2, 0.25) is 0 Å². The van der Waals surface area contributed by atoms with Gasteiger partial charge in [-0.25, -0.2) is 0 Å². The zero-order valence-corrected chi connectivity index (χ0v) is 12.1. The summed E-state index contributed by atoms with van der Waals surface area (Å²) in [6.07, 6.45) is 0. The molecule has 0 aliphatic heterocycles. The summed E-state index contributed by atoms with van der Waals surface area (Å²) in [6, 6.07) is 8.84. The van der Waals surface area contributed by atoms with Crippen molar-refractivity contribution in [3.8, 4) is 0 Å². The summed E-state index contributed by atoms with van der Waals surface area (Å²) in [5.74, 6) is -0.233. The molecule has 0 saturated carbocycles. The number of Topliss-reactive ketones (excluding diaryl/α,β-unsaturated/α-hetero) is 1. The second-order valence-electron chi connectivity index (χ2n) is 4.00. The van der Waals surface area contributed by atoms with Crippen molar-refractivity contribution in [1.82, 2.24) is 0 Å². The van der Waals surface area contributed by atoms with Crippen LogP contribution in [0.5, 0.6) is 0 Å². The standard InChI is InChI=1S/C14H12O3S2/c1-8(15)14(9(2)16)19-13-7-11(17)10-5-3-4-6-12(10)18-13/h3-7,15H,1-2H3/b14-8-. The van der Waals surface area contributed by atoms with Crippen LogP contribution in [0.25, 0.3) is 10.1 Å². The Bertz CT molecular complexity index is 725. The zero-order valence-electron chi connectivity index (χ0n) is 10.5. The number of hydrogen-bond donors (Lipinski definition) is 1. The lowest BCUT2D eigenvalue weighted by Crippen LogP contribution is -2.00. The van der Waals surface area contributed by atoms with Gasteiger partial charge in [0.1, 0.15) is 5.76 Å². The van der Waals surface area contributed by atoms with Crippen LogP contribution in [0.4, 0.5) is 0 Å². The van der Waals surface area contributed by atoms with Gasteiger partial charge in [0.15, 0.2) is 11.2 Å². The van der Waals surface area contributed by atoms with E-state index in [-0.39, 0.29) is 21.9 Å². The van der Waals surface area contributed by atoms with Gasteiger partial charge in [-0.05, 0) is 26.0 Å². The van der Waals surface area contributed by atoms with Crippen LogP contribution >= 0.6 is 23.1 Å². The molecule has 0 aliphatic carbocycles. The lowest BCUT2D eigenvalue weighted by molar-refractivity contribution is -0.113. The number of allylic oxidation sites excluding steroid dienone is 2. The Labute approximate surface area is 118 Å². The maximum absolute atomic E-state index is 12.0. The Kier molecular flexibility index (Phi) is 4.07. The van der Waals surface area contributed by atoms with Crippen molar-refractivity contribution in [3.05, 3.63) is 51.2 Å². The Balaban J connectivity index is 2.50. The van der Waals surface area contributed by atoms with Crippen molar-refractivity contribution in [1.29, 1.82) is 0 Å². The second kappa shape index (κ2) is 5.59. The molecule has 0 unspecified atom stereocenters. The molecule has 3 nitrogen and oxygen atoms in total. The predicted molar refractivity (Wildman–Crippen MR) is 80.0 cm³/mol. The number of thioether (sulfide) groups is 1. The fourth-order valence-corrected chi connectivity index (χ4v) is 3.79. The summed E-state index contributed by atoms with van der Waals surface area (Å²) in [4.78, 5) is 23.6. The van der Waals surface area contributed by atoms with Crippen LogP contribution in [0.3, 0.4) is 0 Å². The summed E-state index contributed by atoms with van der Waals surface area (Å²) in [5, 5.41) is 10.2. The van der Waals surface area contributed by atoms with Gasteiger partial charge in [-0.15, -0.1) is 11.3 Å². The smallest absolute Gasteiger partial charge is 0.189 e. The van der Waals surface area contributed by atoms with E-state index < -0.39 is 0 Å². The molecular formula is C14H12O3S2. The highest BCUT2D eigenvalue weighted by molar-refractivity contribution is 8.05. The molecule has 5 heteroatoms. The van der Waals surface area contributed by atoms with Gasteiger partial charge in [-0.1, -0.05) is 23.9 Å². The highest BCUT2D eigenvalue weighted by Crippen LogP contribution is 2.33. The van der Waals surface area contributed by atoms with E-state index >= 15 is 0 Å². The number of aliphatic hydroxyl groups excluding tert-OH is 1. The molecule has 1 aromatic carbocycles.